The summed E-state index contributed by atoms with van der Waals surface area (Å²) in [7, 11) is 0. The molecule has 0 N–H and O–H groups in total. The van der Waals surface area contributed by atoms with Gasteiger partial charge in [-0.3, -0.25) is 4.79 Å². The van der Waals surface area contributed by atoms with E-state index in [9.17, 15) is 13.6 Å². The normalized spacial score (nSPS) is 10.4. The smallest absolute Gasteiger partial charge is 0.162 e. The van der Waals surface area contributed by atoms with Crippen LogP contribution in [0, 0.1) is 11.6 Å². The van der Waals surface area contributed by atoms with Gasteiger partial charge < -0.3 is 4.74 Å². The molecule has 104 valence electrons. The molecule has 2 nitrogen and oxygen atoms in total. The second kappa shape index (κ2) is 6.01. The molecule has 0 heterocycles. The van der Waals surface area contributed by atoms with Gasteiger partial charge in [-0.2, -0.15) is 0 Å². The minimum Gasteiger partial charge on any atom is -0.489 e. The van der Waals surface area contributed by atoms with Gasteiger partial charge in [-0.15, -0.1) is 0 Å². The first kappa shape index (κ1) is 14.5. The molecule has 0 atom stereocenters. The van der Waals surface area contributed by atoms with Gasteiger partial charge in [0.05, 0.1) is 10.6 Å². The molecule has 0 spiro atoms. The molecule has 0 aromatic heterocycles. The Labute approximate surface area is 119 Å². The van der Waals surface area contributed by atoms with Crippen LogP contribution in [-0.2, 0) is 6.61 Å². The molecule has 20 heavy (non-hydrogen) atoms. The molecule has 0 bridgehead atoms. The van der Waals surface area contributed by atoms with Crippen molar-refractivity contribution in [2.45, 2.75) is 13.5 Å². The monoisotopic (exact) mass is 296 g/mol. The van der Waals surface area contributed by atoms with Crippen LogP contribution in [0.2, 0.25) is 5.02 Å². The Hall–Kier alpha value is -1.94. The highest BCUT2D eigenvalue weighted by molar-refractivity contribution is 6.30. The second-order valence-electron chi connectivity index (χ2n) is 4.20. The first-order chi connectivity index (χ1) is 9.49. The summed E-state index contributed by atoms with van der Waals surface area (Å²) < 4.78 is 32.5. The van der Waals surface area contributed by atoms with Crippen LogP contribution in [0.5, 0.6) is 5.75 Å². The highest BCUT2D eigenvalue weighted by Gasteiger charge is 2.10. The van der Waals surface area contributed by atoms with Crippen molar-refractivity contribution >= 4 is 17.4 Å². The summed E-state index contributed by atoms with van der Waals surface area (Å²) >= 11 is 5.65. The van der Waals surface area contributed by atoms with Crippen LogP contribution in [0.3, 0.4) is 0 Å². The van der Waals surface area contributed by atoms with Crippen LogP contribution >= 0.6 is 11.6 Å². The number of Topliss-reactive ketones (excluding diaryl/α,β-unsaturated/α-hetero) is 1. The van der Waals surface area contributed by atoms with Crippen molar-refractivity contribution < 1.29 is 18.3 Å². The maximum absolute atomic E-state index is 13.6. The minimum atomic E-state index is -0.665. The average Bonchev–Trinajstić information content (AvgIpc) is 2.40. The Bertz CT molecular complexity index is 656. The zero-order chi connectivity index (χ0) is 14.7. The maximum Gasteiger partial charge on any atom is 0.162 e. The van der Waals surface area contributed by atoms with E-state index in [0.29, 0.717) is 0 Å². The summed E-state index contributed by atoms with van der Waals surface area (Å²) in [5, 5.41) is 0.00390. The lowest BCUT2D eigenvalue weighted by molar-refractivity contribution is 0.101. The van der Waals surface area contributed by atoms with Crippen LogP contribution in [0.4, 0.5) is 8.78 Å². The minimum absolute atomic E-state index is 0.00390. The number of carbonyl (C=O) groups excluding carboxylic acids is 1. The molecule has 0 unspecified atom stereocenters. The predicted octanol–water partition coefficient (Wildman–Crippen LogP) is 4.40. The van der Waals surface area contributed by atoms with E-state index in [1.54, 1.807) is 6.07 Å². The van der Waals surface area contributed by atoms with Crippen molar-refractivity contribution in [3.63, 3.8) is 0 Å². The molecule has 2 rings (SSSR count). The third kappa shape index (κ3) is 3.14. The predicted molar refractivity (Wildman–Crippen MR) is 72.1 cm³/mol. The quantitative estimate of drug-likeness (QED) is 0.782. The summed E-state index contributed by atoms with van der Waals surface area (Å²) in [6, 6.07) is 8.45. The number of benzene rings is 2. The van der Waals surface area contributed by atoms with Gasteiger partial charge in [-0.05, 0) is 25.1 Å². The van der Waals surface area contributed by atoms with Gasteiger partial charge in [0.25, 0.3) is 0 Å². The summed E-state index contributed by atoms with van der Waals surface area (Å²) in [6.45, 7) is 1.20. The van der Waals surface area contributed by atoms with Crippen molar-refractivity contribution in [1.82, 2.24) is 0 Å². The lowest BCUT2D eigenvalue weighted by Crippen LogP contribution is -2.01. The first-order valence-corrected chi connectivity index (χ1v) is 6.23. The standard InChI is InChI=1S/C15H11ClF2O2/c1-9(19)12-6-5-11(7-14(12)17)20-8-10-3-2-4-13(16)15(10)18/h2-7H,8H2,1H3. The number of halogens is 3. The molecule has 2 aromatic carbocycles. The number of hydrogen-bond acceptors (Lipinski definition) is 2. The molecule has 0 aliphatic carbocycles. The van der Waals surface area contributed by atoms with Gasteiger partial charge in [-0.25, -0.2) is 8.78 Å². The summed E-state index contributed by atoms with van der Waals surface area (Å²) in [4.78, 5) is 11.1. The van der Waals surface area contributed by atoms with Crippen molar-refractivity contribution in [1.29, 1.82) is 0 Å². The van der Waals surface area contributed by atoms with Gasteiger partial charge in [0.1, 0.15) is 24.0 Å². The third-order valence-electron chi connectivity index (χ3n) is 2.75. The van der Waals surface area contributed by atoms with E-state index < -0.39 is 11.6 Å². The van der Waals surface area contributed by atoms with E-state index >= 15 is 0 Å². The molecule has 0 amide bonds. The summed E-state index contributed by atoms with van der Waals surface area (Å²) in [5.41, 5.74) is 0.264. The first-order valence-electron chi connectivity index (χ1n) is 5.85. The van der Waals surface area contributed by atoms with Crippen LogP contribution in [0.25, 0.3) is 0 Å². The van der Waals surface area contributed by atoms with E-state index in [-0.39, 0.29) is 34.3 Å². The lowest BCUT2D eigenvalue weighted by Gasteiger charge is -2.09. The molecular formula is C15H11ClF2O2. The summed E-state index contributed by atoms with van der Waals surface area (Å²) in [6.07, 6.45) is 0. The van der Waals surface area contributed by atoms with Gasteiger partial charge in [0, 0.05) is 11.6 Å². The molecule has 0 radical (unpaired) electrons. The lowest BCUT2D eigenvalue weighted by atomic mass is 10.1. The molecule has 0 fully saturated rings. The van der Waals surface area contributed by atoms with Gasteiger partial charge in [0.2, 0.25) is 0 Å². The van der Waals surface area contributed by atoms with E-state index in [4.69, 9.17) is 16.3 Å². The highest BCUT2D eigenvalue weighted by atomic mass is 35.5. The van der Waals surface area contributed by atoms with E-state index in [1.807, 2.05) is 0 Å². The van der Waals surface area contributed by atoms with E-state index in [2.05, 4.69) is 0 Å². The fraction of sp³-hybridized carbons (Fsp3) is 0.133. The molecule has 0 aliphatic heterocycles. The molecule has 0 saturated carbocycles. The van der Waals surface area contributed by atoms with Crippen molar-refractivity contribution in [3.8, 4) is 5.75 Å². The summed E-state index contributed by atoms with van der Waals surface area (Å²) in [5.74, 6) is -1.38. The average molecular weight is 297 g/mol. The zero-order valence-electron chi connectivity index (χ0n) is 10.6. The topological polar surface area (TPSA) is 26.3 Å². The maximum atomic E-state index is 13.6. The fourth-order valence-electron chi connectivity index (χ4n) is 1.69. The number of ketones is 1. The van der Waals surface area contributed by atoms with Gasteiger partial charge >= 0.3 is 0 Å². The van der Waals surface area contributed by atoms with Crippen LogP contribution in [0.1, 0.15) is 22.8 Å². The number of ether oxygens (including phenoxy) is 1. The Kier molecular flexibility index (Phi) is 4.35. The van der Waals surface area contributed by atoms with Gasteiger partial charge in [0.15, 0.2) is 5.78 Å². The Balaban J connectivity index is 2.13. The molecular weight excluding hydrogens is 286 g/mol. The van der Waals surface area contributed by atoms with Crippen molar-refractivity contribution in [2.75, 3.05) is 0 Å². The van der Waals surface area contributed by atoms with E-state index in [0.717, 1.165) is 6.07 Å². The third-order valence-corrected chi connectivity index (χ3v) is 3.04. The fourth-order valence-corrected chi connectivity index (χ4v) is 1.89. The van der Waals surface area contributed by atoms with Gasteiger partial charge in [-0.1, -0.05) is 23.7 Å². The van der Waals surface area contributed by atoms with Crippen LogP contribution < -0.4 is 4.74 Å². The largest absolute Gasteiger partial charge is 0.489 e. The number of carbonyl (C=O) groups is 1. The van der Waals surface area contributed by atoms with Crippen LogP contribution in [0.15, 0.2) is 36.4 Å². The van der Waals surface area contributed by atoms with Crippen molar-refractivity contribution in [2.24, 2.45) is 0 Å². The SMILES string of the molecule is CC(=O)c1ccc(OCc2cccc(Cl)c2F)cc1F. The second-order valence-corrected chi connectivity index (χ2v) is 4.61. The Morgan fingerprint density at radius 2 is 2.00 bits per heavy atom. The molecule has 0 saturated heterocycles. The molecule has 5 heteroatoms. The molecule has 2 aromatic rings. The molecule has 0 aliphatic rings. The number of rotatable bonds is 4. The highest BCUT2D eigenvalue weighted by Crippen LogP contribution is 2.21. The number of hydrogen-bond donors (Lipinski definition) is 0. The van der Waals surface area contributed by atoms with Crippen LogP contribution in [-0.4, -0.2) is 5.78 Å². The Morgan fingerprint density at radius 3 is 2.65 bits per heavy atom. The van der Waals surface area contributed by atoms with Crippen molar-refractivity contribution in [3.05, 3.63) is 64.2 Å². The zero-order valence-corrected chi connectivity index (χ0v) is 11.4. The Morgan fingerprint density at radius 1 is 1.25 bits per heavy atom. The van der Waals surface area contributed by atoms with E-state index in [1.165, 1.54) is 31.2 Å².